The second kappa shape index (κ2) is 4.93. The van der Waals surface area contributed by atoms with E-state index < -0.39 is 11.9 Å². The molecule has 7 heteroatoms. The third-order valence-electron chi connectivity index (χ3n) is 3.14. The molecule has 2 heterocycles. The first-order valence-electron chi connectivity index (χ1n) is 6.41. The number of imide groups is 1. The fraction of sp³-hybridized carbons (Fsp3) is 0.214. The molecule has 0 saturated carbocycles. The van der Waals surface area contributed by atoms with E-state index >= 15 is 0 Å². The van der Waals surface area contributed by atoms with Crippen LogP contribution < -0.4 is 10.6 Å². The Morgan fingerprint density at radius 3 is 2.95 bits per heavy atom. The van der Waals surface area contributed by atoms with E-state index in [-0.39, 0.29) is 19.0 Å². The van der Waals surface area contributed by atoms with Crippen LogP contribution in [0, 0.1) is 6.92 Å². The highest BCUT2D eigenvalue weighted by Gasteiger charge is 2.28. The van der Waals surface area contributed by atoms with Gasteiger partial charge in [-0.2, -0.15) is 0 Å². The quantitative estimate of drug-likeness (QED) is 0.831. The van der Waals surface area contributed by atoms with E-state index in [9.17, 15) is 14.4 Å². The van der Waals surface area contributed by atoms with Crippen molar-refractivity contribution in [1.29, 1.82) is 0 Å². The van der Waals surface area contributed by atoms with Crippen molar-refractivity contribution in [3.05, 3.63) is 30.0 Å². The van der Waals surface area contributed by atoms with E-state index in [0.717, 1.165) is 16.0 Å². The minimum Gasteiger partial charge on any atom is -0.459 e. The van der Waals surface area contributed by atoms with Gasteiger partial charge in [0.1, 0.15) is 18.8 Å². The Labute approximate surface area is 119 Å². The first-order chi connectivity index (χ1) is 10.0. The zero-order valence-corrected chi connectivity index (χ0v) is 11.3. The van der Waals surface area contributed by atoms with Crippen molar-refractivity contribution in [2.45, 2.75) is 6.92 Å². The predicted molar refractivity (Wildman–Crippen MR) is 74.7 cm³/mol. The average molecular weight is 287 g/mol. The van der Waals surface area contributed by atoms with E-state index in [2.05, 4.69) is 10.6 Å². The van der Waals surface area contributed by atoms with Gasteiger partial charge < -0.3 is 14.6 Å². The Morgan fingerprint density at radius 2 is 2.24 bits per heavy atom. The maximum absolute atomic E-state index is 12.0. The molecule has 0 unspecified atom stereocenters. The maximum Gasteiger partial charge on any atom is 0.325 e. The van der Waals surface area contributed by atoms with Gasteiger partial charge in [-0.25, -0.2) is 4.79 Å². The van der Waals surface area contributed by atoms with Crippen molar-refractivity contribution >= 4 is 34.5 Å². The molecule has 0 bridgehead atoms. The SMILES string of the molecule is Cc1cc2cccc(NC(=O)CN3CC(=O)NC3=O)c2o1. The number of benzene rings is 1. The van der Waals surface area contributed by atoms with Crippen molar-refractivity contribution in [3.8, 4) is 0 Å². The smallest absolute Gasteiger partial charge is 0.325 e. The van der Waals surface area contributed by atoms with Gasteiger partial charge in [0, 0.05) is 5.39 Å². The number of anilines is 1. The molecule has 0 spiro atoms. The number of furan rings is 1. The molecular weight excluding hydrogens is 274 g/mol. The summed E-state index contributed by atoms with van der Waals surface area (Å²) in [4.78, 5) is 35.6. The van der Waals surface area contributed by atoms with Crippen molar-refractivity contribution < 1.29 is 18.8 Å². The Kier molecular flexibility index (Phi) is 3.09. The Morgan fingerprint density at radius 1 is 1.43 bits per heavy atom. The summed E-state index contributed by atoms with van der Waals surface area (Å²) < 4.78 is 5.55. The lowest BCUT2D eigenvalue weighted by molar-refractivity contribution is -0.119. The van der Waals surface area contributed by atoms with Gasteiger partial charge >= 0.3 is 6.03 Å². The number of rotatable bonds is 3. The monoisotopic (exact) mass is 287 g/mol. The Hall–Kier alpha value is -2.83. The number of hydrogen-bond donors (Lipinski definition) is 2. The molecule has 21 heavy (non-hydrogen) atoms. The first-order valence-corrected chi connectivity index (χ1v) is 6.41. The Bertz CT molecular complexity index is 750. The number of amides is 4. The molecule has 1 saturated heterocycles. The van der Waals surface area contributed by atoms with Gasteiger partial charge in [-0.15, -0.1) is 0 Å². The highest BCUT2D eigenvalue weighted by molar-refractivity contribution is 6.05. The topological polar surface area (TPSA) is 91.7 Å². The van der Waals surface area contributed by atoms with Crippen LogP contribution in [0.3, 0.4) is 0 Å². The fourth-order valence-corrected chi connectivity index (χ4v) is 2.26. The summed E-state index contributed by atoms with van der Waals surface area (Å²) in [7, 11) is 0. The van der Waals surface area contributed by atoms with E-state index in [1.54, 1.807) is 12.1 Å². The first kappa shape index (κ1) is 13.2. The van der Waals surface area contributed by atoms with Crippen molar-refractivity contribution in [1.82, 2.24) is 10.2 Å². The molecule has 0 atom stereocenters. The van der Waals surface area contributed by atoms with Crippen LogP contribution >= 0.6 is 0 Å². The number of urea groups is 1. The number of para-hydroxylation sites is 1. The van der Waals surface area contributed by atoms with Gasteiger partial charge in [0.05, 0.1) is 5.69 Å². The van der Waals surface area contributed by atoms with Crippen LogP contribution in [-0.4, -0.2) is 35.8 Å². The van der Waals surface area contributed by atoms with E-state index in [4.69, 9.17) is 4.42 Å². The van der Waals surface area contributed by atoms with Gasteiger partial charge in [0.25, 0.3) is 0 Å². The van der Waals surface area contributed by atoms with Crippen molar-refractivity contribution in [2.24, 2.45) is 0 Å². The van der Waals surface area contributed by atoms with E-state index in [1.165, 1.54) is 0 Å². The van der Waals surface area contributed by atoms with E-state index in [1.807, 2.05) is 19.1 Å². The van der Waals surface area contributed by atoms with Gasteiger partial charge in [-0.1, -0.05) is 12.1 Å². The van der Waals surface area contributed by atoms with Crippen molar-refractivity contribution in [2.75, 3.05) is 18.4 Å². The number of carbonyl (C=O) groups is 3. The second-order valence-corrected chi connectivity index (χ2v) is 4.84. The van der Waals surface area contributed by atoms with Crippen LogP contribution in [0.5, 0.6) is 0 Å². The molecule has 1 aliphatic heterocycles. The zero-order valence-electron chi connectivity index (χ0n) is 11.3. The summed E-state index contributed by atoms with van der Waals surface area (Å²) >= 11 is 0. The molecule has 3 rings (SSSR count). The molecular formula is C14H13N3O4. The van der Waals surface area contributed by atoms with E-state index in [0.29, 0.717) is 11.3 Å². The molecule has 2 N–H and O–H groups in total. The minimum absolute atomic E-state index is 0.101. The lowest BCUT2D eigenvalue weighted by atomic mass is 10.2. The predicted octanol–water partition coefficient (Wildman–Crippen LogP) is 1.23. The fourth-order valence-electron chi connectivity index (χ4n) is 2.26. The molecule has 0 aliphatic carbocycles. The average Bonchev–Trinajstić information content (AvgIpc) is 2.92. The summed E-state index contributed by atoms with van der Waals surface area (Å²) in [5.74, 6) is -0.0471. The molecule has 7 nitrogen and oxygen atoms in total. The van der Waals surface area contributed by atoms with Gasteiger partial charge in [-0.3, -0.25) is 14.9 Å². The van der Waals surface area contributed by atoms with Crippen LogP contribution in [0.15, 0.2) is 28.7 Å². The lowest BCUT2D eigenvalue weighted by Crippen LogP contribution is -2.35. The molecule has 108 valence electrons. The minimum atomic E-state index is -0.554. The summed E-state index contributed by atoms with van der Waals surface area (Å²) in [5, 5.41) is 5.70. The van der Waals surface area contributed by atoms with Crippen LogP contribution in [0.1, 0.15) is 5.76 Å². The number of hydrogen-bond acceptors (Lipinski definition) is 4. The highest BCUT2D eigenvalue weighted by Crippen LogP contribution is 2.26. The van der Waals surface area contributed by atoms with Crippen LogP contribution in [-0.2, 0) is 9.59 Å². The van der Waals surface area contributed by atoms with Crippen LogP contribution in [0.2, 0.25) is 0 Å². The zero-order chi connectivity index (χ0) is 15.0. The maximum atomic E-state index is 12.0. The van der Waals surface area contributed by atoms with Crippen LogP contribution in [0.25, 0.3) is 11.0 Å². The lowest BCUT2D eigenvalue weighted by Gasteiger charge is -2.12. The summed E-state index contributed by atoms with van der Waals surface area (Å²) in [6, 6.07) is 6.73. The third-order valence-corrected chi connectivity index (χ3v) is 3.14. The summed E-state index contributed by atoms with van der Waals surface area (Å²) in [6.45, 7) is 1.54. The molecule has 1 fully saturated rings. The number of nitrogens with zero attached hydrogens (tertiary/aromatic N) is 1. The highest BCUT2D eigenvalue weighted by atomic mass is 16.3. The largest absolute Gasteiger partial charge is 0.459 e. The molecule has 4 amide bonds. The van der Waals surface area contributed by atoms with Crippen molar-refractivity contribution in [3.63, 3.8) is 0 Å². The van der Waals surface area contributed by atoms with Gasteiger partial charge in [0.15, 0.2) is 5.58 Å². The van der Waals surface area contributed by atoms with Crippen LogP contribution in [0.4, 0.5) is 10.5 Å². The molecule has 1 aromatic heterocycles. The third kappa shape index (κ3) is 2.58. The summed E-state index contributed by atoms with van der Waals surface area (Å²) in [5.41, 5.74) is 1.13. The number of fused-ring (bicyclic) bond motifs is 1. The number of carbonyl (C=O) groups excluding carboxylic acids is 3. The number of aryl methyl sites for hydroxylation is 1. The van der Waals surface area contributed by atoms with Gasteiger partial charge in [0.2, 0.25) is 11.8 Å². The Balaban J connectivity index is 1.74. The normalized spacial score (nSPS) is 14.6. The standard InChI is InChI=1S/C14H13N3O4/c1-8-5-9-3-2-4-10(13(9)21-8)15-11(18)6-17-7-12(19)16-14(17)20/h2-5H,6-7H2,1H3,(H,15,18)(H,16,19,20). The summed E-state index contributed by atoms with van der Waals surface area (Å²) in [6.07, 6.45) is 0. The molecule has 1 aliphatic rings. The second-order valence-electron chi connectivity index (χ2n) is 4.84. The van der Waals surface area contributed by atoms with Gasteiger partial charge in [-0.05, 0) is 19.1 Å². The number of nitrogens with one attached hydrogen (secondary N) is 2. The molecule has 0 radical (unpaired) electrons. The molecule has 1 aromatic carbocycles. The molecule has 2 aromatic rings.